The van der Waals surface area contributed by atoms with E-state index in [1.807, 2.05) is 36.4 Å². The van der Waals surface area contributed by atoms with Gasteiger partial charge < -0.3 is 15.3 Å². The van der Waals surface area contributed by atoms with Crippen molar-refractivity contribution in [2.45, 2.75) is 12.5 Å². The molecule has 0 saturated carbocycles. The molecule has 126 valence electrons. The SMILES string of the molecule is O=C(NC(CO)c1ccccc1Cl)C1CCN(c2ccccc2)C1. The van der Waals surface area contributed by atoms with Crippen molar-refractivity contribution in [3.63, 3.8) is 0 Å². The number of hydrogen-bond donors (Lipinski definition) is 2. The number of carbonyl (C=O) groups is 1. The predicted molar refractivity (Wildman–Crippen MR) is 96.2 cm³/mol. The predicted octanol–water partition coefficient (Wildman–Crippen LogP) is 3.02. The van der Waals surface area contributed by atoms with Crippen LogP contribution in [0.25, 0.3) is 0 Å². The fourth-order valence-electron chi connectivity index (χ4n) is 3.12. The average Bonchev–Trinajstić information content (AvgIpc) is 3.11. The van der Waals surface area contributed by atoms with Gasteiger partial charge in [-0.3, -0.25) is 4.79 Å². The highest BCUT2D eigenvalue weighted by molar-refractivity contribution is 6.31. The number of aliphatic hydroxyl groups is 1. The number of aliphatic hydroxyl groups excluding tert-OH is 1. The van der Waals surface area contributed by atoms with E-state index in [4.69, 9.17) is 11.6 Å². The van der Waals surface area contributed by atoms with Gasteiger partial charge in [0.2, 0.25) is 5.91 Å². The number of carbonyl (C=O) groups excluding carboxylic acids is 1. The van der Waals surface area contributed by atoms with E-state index in [9.17, 15) is 9.90 Å². The molecule has 3 rings (SSSR count). The van der Waals surface area contributed by atoms with Crippen molar-refractivity contribution in [3.8, 4) is 0 Å². The maximum absolute atomic E-state index is 12.6. The summed E-state index contributed by atoms with van der Waals surface area (Å²) < 4.78 is 0. The van der Waals surface area contributed by atoms with E-state index in [1.54, 1.807) is 6.07 Å². The van der Waals surface area contributed by atoms with Crippen molar-refractivity contribution < 1.29 is 9.90 Å². The van der Waals surface area contributed by atoms with Gasteiger partial charge in [-0.05, 0) is 30.2 Å². The number of nitrogens with zero attached hydrogens (tertiary/aromatic N) is 1. The summed E-state index contributed by atoms with van der Waals surface area (Å²) in [5.41, 5.74) is 1.88. The summed E-state index contributed by atoms with van der Waals surface area (Å²) in [4.78, 5) is 14.8. The Hall–Kier alpha value is -2.04. The maximum Gasteiger partial charge on any atom is 0.225 e. The van der Waals surface area contributed by atoms with E-state index in [0.29, 0.717) is 11.6 Å². The molecular formula is C19H21ClN2O2. The highest BCUT2D eigenvalue weighted by Crippen LogP contribution is 2.26. The summed E-state index contributed by atoms with van der Waals surface area (Å²) in [6, 6.07) is 16.9. The molecule has 2 aromatic carbocycles. The first-order valence-corrected chi connectivity index (χ1v) is 8.52. The smallest absolute Gasteiger partial charge is 0.225 e. The van der Waals surface area contributed by atoms with Crippen LogP contribution < -0.4 is 10.2 Å². The highest BCUT2D eigenvalue weighted by atomic mass is 35.5. The van der Waals surface area contributed by atoms with Gasteiger partial charge in [0.05, 0.1) is 18.6 Å². The second-order valence-corrected chi connectivity index (χ2v) is 6.44. The van der Waals surface area contributed by atoms with Crippen LogP contribution in [0.15, 0.2) is 54.6 Å². The molecule has 1 saturated heterocycles. The zero-order valence-corrected chi connectivity index (χ0v) is 14.1. The van der Waals surface area contributed by atoms with E-state index >= 15 is 0 Å². The van der Waals surface area contributed by atoms with Crippen LogP contribution in [0.2, 0.25) is 5.02 Å². The van der Waals surface area contributed by atoms with Gasteiger partial charge in [0.1, 0.15) is 0 Å². The van der Waals surface area contributed by atoms with E-state index < -0.39 is 6.04 Å². The van der Waals surface area contributed by atoms with Gasteiger partial charge in [0.15, 0.2) is 0 Å². The lowest BCUT2D eigenvalue weighted by Gasteiger charge is -2.21. The summed E-state index contributed by atoms with van der Waals surface area (Å²) in [6.45, 7) is 1.37. The molecule has 2 unspecified atom stereocenters. The maximum atomic E-state index is 12.6. The second kappa shape index (κ2) is 7.69. The van der Waals surface area contributed by atoms with Gasteiger partial charge in [0, 0.05) is 23.8 Å². The number of benzene rings is 2. The summed E-state index contributed by atoms with van der Waals surface area (Å²) in [7, 11) is 0. The summed E-state index contributed by atoms with van der Waals surface area (Å²) >= 11 is 6.17. The highest BCUT2D eigenvalue weighted by Gasteiger charge is 2.30. The van der Waals surface area contributed by atoms with Gasteiger partial charge in [-0.25, -0.2) is 0 Å². The third-order valence-electron chi connectivity index (χ3n) is 4.46. The Bertz CT molecular complexity index is 693. The van der Waals surface area contributed by atoms with Crippen molar-refractivity contribution >= 4 is 23.2 Å². The molecule has 1 heterocycles. The van der Waals surface area contributed by atoms with Crippen LogP contribution >= 0.6 is 11.6 Å². The van der Waals surface area contributed by atoms with Crippen molar-refractivity contribution in [1.29, 1.82) is 0 Å². The third-order valence-corrected chi connectivity index (χ3v) is 4.80. The van der Waals surface area contributed by atoms with E-state index in [1.165, 1.54) is 0 Å². The quantitative estimate of drug-likeness (QED) is 0.876. The molecule has 0 spiro atoms. The first kappa shape index (κ1) is 16.8. The van der Waals surface area contributed by atoms with Gasteiger partial charge in [0.25, 0.3) is 0 Å². The Morgan fingerprint density at radius 3 is 2.62 bits per heavy atom. The van der Waals surface area contributed by atoms with E-state index in [0.717, 1.165) is 24.2 Å². The third kappa shape index (κ3) is 3.71. The minimum Gasteiger partial charge on any atom is -0.394 e. The number of para-hydroxylation sites is 1. The average molecular weight is 345 g/mol. The molecule has 0 bridgehead atoms. The molecule has 1 amide bonds. The van der Waals surface area contributed by atoms with Crippen LogP contribution in [0.1, 0.15) is 18.0 Å². The number of rotatable bonds is 5. The normalized spacial score (nSPS) is 18.4. The summed E-state index contributed by atoms with van der Waals surface area (Å²) in [5, 5.41) is 13.1. The van der Waals surface area contributed by atoms with Gasteiger partial charge in [-0.1, -0.05) is 48.0 Å². The molecule has 1 aliphatic rings. The lowest BCUT2D eigenvalue weighted by molar-refractivity contribution is -0.125. The largest absolute Gasteiger partial charge is 0.394 e. The lowest BCUT2D eigenvalue weighted by Crippen LogP contribution is -2.37. The van der Waals surface area contributed by atoms with Gasteiger partial charge in [-0.2, -0.15) is 0 Å². The van der Waals surface area contributed by atoms with Crippen LogP contribution in [0.4, 0.5) is 5.69 Å². The lowest BCUT2D eigenvalue weighted by atomic mass is 10.0. The van der Waals surface area contributed by atoms with Crippen molar-refractivity contribution in [1.82, 2.24) is 5.32 Å². The second-order valence-electron chi connectivity index (χ2n) is 6.03. The Morgan fingerprint density at radius 1 is 1.21 bits per heavy atom. The molecule has 4 nitrogen and oxygen atoms in total. The van der Waals surface area contributed by atoms with E-state index in [2.05, 4.69) is 22.3 Å². The Morgan fingerprint density at radius 2 is 1.92 bits per heavy atom. The Balaban J connectivity index is 1.64. The van der Waals surface area contributed by atoms with Crippen LogP contribution in [-0.4, -0.2) is 30.7 Å². The first-order valence-electron chi connectivity index (χ1n) is 8.14. The van der Waals surface area contributed by atoms with Crippen molar-refractivity contribution in [3.05, 3.63) is 65.2 Å². The molecule has 2 aromatic rings. The monoisotopic (exact) mass is 344 g/mol. The molecule has 2 N–H and O–H groups in total. The zero-order chi connectivity index (χ0) is 16.9. The van der Waals surface area contributed by atoms with Crippen LogP contribution in [0.5, 0.6) is 0 Å². The van der Waals surface area contributed by atoms with Gasteiger partial charge in [-0.15, -0.1) is 0 Å². The number of nitrogens with one attached hydrogen (secondary N) is 1. The van der Waals surface area contributed by atoms with Crippen molar-refractivity contribution in [2.24, 2.45) is 5.92 Å². The topological polar surface area (TPSA) is 52.6 Å². The zero-order valence-electron chi connectivity index (χ0n) is 13.4. The molecule has 1 fully saturated rings. The molecule has 1 aliphatic heterocycles. The molecule has 0 aliphatic carbocycles. The van der Waals surface area contributed by atoms with E-state index in [-0.39, 0.29) is 18.4 Å². The van der Waals surface area contributed by atoms with Crippen LogP contribution in [0.3, 0.4) is 0 Å². The number of halogens is 1. The molecule has 24 heavy (non-hydrogen) atoms. The minimum atomic E-state index is -0.475. The van der Waals surface area contributed by atoms with Crippen LogP contribution in [-0.2, 0) is 4.79 Å². The number of hydrogen-bond acceptors (Lipinski definition) is 3. The summed E-state index contributed by atoms with van der Waals surface area (Å²) in [5.74, 6) is -0.117. The first-order chi connectivity index (χ1) is 11.7. The van der Waals surface area contributed by atoms with Crippen molar-refractivity contribution in [2.75, 3.05) is 24.6 Å². The standard InChI is InChI=1S/C19H21ClN2O2/c20-17-9-5-4-8-16(17)18(13-23)21-19(24)14-10-11-22(12-14)15-6-2-1-3-7-15/h1-9,14,18,23H,10-13H2,(H,21,24). The molecule has 2 atom stereocenters. The number of anilines is 1. The Labute approximate surface area is 147 Å². The molecule has 0 aromatic heterocycles. The molecule has 5 heteroatoms. The molecular weight excluding hydrogens is 324 g/mol. The Kier molecular flexibility index (Phi) is 5.38. The fraction of sp³-hybridized carbons (Fsp3) is 0.316. The molecule has 0 radical (unpaired) electrons. The summed E-state index contributed by atoms with van der Waals surface area (Å²) in [6.07, 6.45) is 0.807. The van der Waals surface area contributed by atoms with Crippen LogP contribution in [0, 0.1) is 5.92 Å². The number of amides is 1. The van der Waals surface area contributed by atoms with Gasteiger partial charge >= 0.3 is 0 Å². The minimum absolute atomic E-state index is 0.0348. The fourth-order valence-corrected chi connectivity index (χ4v) is 3.38.